The van der Waals surface area contributed by atoms with Gasteiger partial charge in [-0.2, -0.15) is 0 Å². The summed E-state index contributed by atoms with van der Waals surface area (Å²) in [5.41, 5.74) is 5.68. The molecule has 88 valence electrons. The largest absolute Gasteiger partial charge is 0.380 e. The van der Waals surface area contributed by atoms with Crippen molar-refractivity contribution >= 4 is 5.96 Å². The van der Waals surface area contributed by atoms with Gasteiger partial charge in [0, 0.05) is 20.3 Å². The van der Waals surface area contributed by atoms with E-state index < -0.39 is 0 Å². The molecule has 3 N–H and O–H groups in total. The fraction of sp³-hybridized carbons (Fsp3) is 0.900. The number of ether oxygens (including phenoxy) is 2. The molecule has 0 saturated carbocycles. The van der Waals surface area contributed by atoms with Gasteiger partial charge in [0.1, 0.15) is 0 Å². The maximum Gasteiger partial charge on any atom is 0.188 e. The van der Waals surface area contributed by atoms with Gasteiger partial charge in [-0.3, -0.25) is 4.99 Å². The molecule has 0 unspecified atom stereocenters. The van der Waals surface area contributed by atoms with Crippen LogP contribution in [0.1, 0.15) is 19.8 Å². The van der Waals surface area contributed by atoms with Gasteiger partial charge in [-0.05, 0) is 19.8 Å². The summed E-state index contributed by atoms with van der Waals surface area (Å²) in [6.45, 7) is 4.15. The Morgan fingerprint density at radius 3 is 3.13 bits per heavy atom. The Morgan fingerprint density at radius 1 is 1.73 bits per heavy atom. The predicted octanol–water partition coefficient (Wildman–Crippen LogP) is 0.105. The maximum absolute atomic E-state index is 5.68. The van der Waals surface area contributed by atoms with Gasteiger partial charge in [-0.15, -0.1) is 0 Å². The van der Waals surface area contributed by atoms with Crippen LogP contribution in [-0.2, 0) is 9.47 Å². The standard InChI is InChI=1S/C10H21N3O2/c1-8(14-2)6-12-10(11)13-7-9-4-3-5-15-9/h8-9H,3-7H2,1-2H3,(H3,11,12,13)/t8-,9-/m1/s1. The first kappa shape index (κ1) is 12.3. The van der Waals surface area contributed by atoms with Crippen molar-refractivity contribution in [2.24, 2.45) is 10.7 Å². The number of nitrogens with one attached hydrogen (secondary N) is 1. The second-order valence-electron chi connectivity index (χ2n) is 3.79. The van der Waals surface area contributed by atoms with Crippen molar-refractivity contribution in [2.45, 2.75) is 32.0 Å². The van der Waals surface area contributed by atoms with Crippen LogP contribution < -0.4 is 11.1 Å². The molecule has 1 saturated heterocycles. The van der Waals surface area contributed by atoms with Crippen LogP contribution in [0.25, 0.3) is 0 Å². The van der Waals surface area contributed by atoms with E-state index >= 15 is 0 Å². The summed E-state index contributed by atoms with van der Waals surface area (Å²) < 4.78 is 10.5. The zero-order valence-electron chi connectivity index (χ0n) is 9.53. The van der Waals surface area contributed by atoms with E-state index in [1.807, 2.05) is 6.92 Å². The summed E-state index contributed by atoms with van der Waals surface area (Å²) in [6, 6.07) is 0. The summed E-state index contributed by atoms with van der Waals surface area (Å²) in [7, 11) is 1.66. The zero-order chi connectivity index (χ0) is 11.1. The lowest BCUT2D eigenvalue weighted by atomic mass is 10.2. The molecule has 5 heteroatoms. The number of aliphatic imine (C=N–C) groups is 1. The molecule has 2 atom stereocenters. The van der Waals surface area contributed by atoms with Crippen molar-refractivity contribution in [1.29, 1.82) is 0 Å². The van der Waals surface area contributed by atoms with Gasteiger partial charge in [-0.25, -0.2) is 0 Å². The molecule has 1 heterocycles. The number of methoxy groups -OCH3 is 1. The van der Waals surface area contributed by atoms with E-state index in [1.165, 1.54) is 0 Å². The van der Waals surface area contributed by atoms with Crippen molar-refractivity contribution in [3.05, 3.63) is 0 Å². The molecule has 15 heavy (non-hydrogen) atoms. The summed E-state index contributed by atoms with van der Waals surface area (Å²) in [6.07, 6.45) is 2.64. The third kappa shape index (κ3) is 4.99. The van der Waals surface area contributed by atoms with Crippen molar-refractivity contribution < 1.29 is 9.47 Å². The number of guanidine groups is 1. The van der Waals surface area contributed by atoms with E-state index in [0.717, 1.165) is 26.0 Å². The molecule has 1 aliphatic heterocycles. The highest BCUT2D eigenvalue weighted by Crippen LogP contribution is 2.10. The third-order valence-corrected chi connectivity index (χ3v) is 2.46. The van der Waals surface area contributed by atoms with Crippen LogP contribution in [0.15, 0.2) is 4.99 Å². The van der Waals surface area contributed by atoms with Crippen LogP contribution in [0, 0.1) is 0 Å². The van der Waals surface area contributed by atoms with Crippen LogP contribution in [0.3, 0.4) is 0 Å². The molecule has 0 amide bonds. The van der Waals surface area contributed by atoms with Gasteiger partial charge in [-0.1, -0.05) is 0 Å². The van der Waals surface area contributed by atoms with Gasteiger partial charge in [0.2, 0.25) is 0 Å². The molecule has 0 spiro atoms. The van der Waals surface area contributed by atoms with Crippen LogP contribution in [0.2, 0.25) is 0 Å². The second-order valence-corrected chi connectivity index (χ2v) is 3.79. The van der Waals surface area contributed by atoms with Crippen molar-refractivity contribution in [2.75, 3.05) is 26.8 Å². The van der Waals surface area contributed by atoms with Crippen LogP contribution >= 0.6 is 0 Å². The lowest BCUT2D eigenvalue weighted by molar-refractivity contribution is 0.113. The van der Waals surface area contributed by atoms with Crippen LogP contribution in [0.5, 0.6) is 0 Å². The number of nitrogens with zero attached hydrogens (tertiary/aromatic N) is 1. The minimum Gasteiger partial charge on any atom is -0.380 e. The fourth-order valence-electron chi connectivity index (χ4n) is 1.38. The minimum atomic E-state index is 0.105. The Bertz CT molecular complexity index is 203. The van der Waals surface area contributed by atoms with Crippen molar-refractivity contribution in [3.8, 4) is 0 Å². The van der Waals surface area contributed by atoms with E-state index in [0.29, 0.717) is 18.6 Å². The molecule has 0 radical (unpaired) electrons. The first-order valence-electron chi connectivity index (χ1n) is 5.40. The predicted molar refractivity (Wildman–Crippen MR) is 59.9 cm³/mol. The Morgan fingerprint density at radius 2 is 2.53 bits per heavy atom. The monoisotopic (exact) mass is 215 g/mol. The molecule has 0 aromatic carbocycles. The molecule has 1 rings (SSSR count). The SMILES string of the molecule is CO[C@H](C)CN=C(N)NC[C@H]1CCCO1. The minimum absolute atomic E-state index is 0.105. The van der Waals surface area contributed by atoms with Gasteiger partial charge < -0.3 is 20.5 Å². The van der Waals surface area contributed by atoms with Gasteiger partial charge in [0.05, 0.1) is 18.8 Å². The molecule has 0 bridgehead atoms. The summed E-state index contributed by atoms with van der Waals surface area (Å²) in [5, 5.41) is 3.05. The Balaban J connectivity index is 2.13. The van der Waals surface area contributed by atoms with Gasteiger partial charge >= 0.3 is 0 Å². The lowest BCUT2D eigenvalue weighted by Gasteiger charge is -2.12. The topological polar surface area (TPSA) is 68.9 Å². The second kappa shape index (κ2) is 6.63. The van der Waals surface area contributed by atoms with Crippen molar-refractivity contribution in [3.63, 3.8) is 0 Å². The zero-order valence-corrected chi connectivity index (χ0v) is 9.53. The quantitative estimate of drug-likeness (QED) is 0.504. The third-order valence-electron chi connectivity index (χ3n) is 2.46. The van der Waals surface area contributed by atoms with E-state index in [2.05, 4.69) is 10.3 Å². The smallest absolute Gasteiger partial charge is 0.188 e. The molecular weight excluding hydrogens is 194 g/mol. The Hall–Kier alpha value is -0.810. The Labute approximate surface area is 91.0 Å². The molecule has 0 aromatic heterocycles. The highest BCUT2D eigenvalue weighted by atomic mass is 16.5. The molecular formula is C10H21N3O2. The molecule has 1 fully saturated rings. The fourth-order valence-corrected chi connectivity index (χ4v) is 1.38. The van der Waals surface area contributed by atoms with Gasteiger partial charge in [0.25, 0.3) is 0 Å². The van der Waals surface area contributed by atoms with Crippen molar-refractivity contribution in [1.82, 2.24) is 5.32 Å². The van der Waals surface area contributed by atoms with E-state index in [-0.39, 0.29) is 6.10 Å². The number of rotatable bonds is 5. The number of hydrogen-bond donors (Lipinski definition) is 2. The Kier molecular flexibility index (Phi) is 5.42. The average molecular weight is 215 g/mol. The van der Waals surface area contributed by atoms with E-state index in [4.69, 9.17) is 15.2 Å². The number of hydrogen-bond acceptors (Lipinski definition) is 3. The van der Waals surface area contributed by atoms with Crippen LogP contribution in [-0.4, -0.2) is 45.0 Å². The maximum atomic E-state index is 5.68. The summed E-state index contributed by atoms with van der Waals surface area (Å²) in [4.78, 5) is 4.16. The van der Waals surface area contributed by atoms with E-state index in [1.54, 1.807) is 7.11 Å². The lowest BCUT2D eigenvalue weighted by Crippen LogP contribution is -2.37. The first-order chi connectivity index (χ1) is 7.22. The first-order valence-corrected chi connectivity index (χ1v) is 5.40. The van der Waals surface area contributed by atoms with Crippen LogP contribution in [0.4, 0.5) is 0 Å². The molecule has 0 aliphatic carbocycles. The highest BCUT2D eigenvalue weighted by Gasteiger charge is 2.14. The summed E-state index contributed by atoms with van der Waals surface area (Å²) in [5.74, 6) is 0.467. The van der Waals surface area contributed by atoms with Gasteiger partial charge in [0.15, 0.2) is 5.96 Å². The molecule has 5 nitrogen and oxygen atoms in total. The number of nitrogens with two attached hydrogens (primary N) is 1. The van der Waals surface area contributed by atoms with E-state index in [9.17, 15) is 0 Å². The summed E-state index contributed by atoms with van der Waals surface area (Å²) >= 11 is 0. The normalized spacial score (nSPS) is 24.1. The highest BCUT2D eigenvalue weighted by molar-refractivity contribution is 5.77. The average Bonchev–Trinajstić information content (AvgIpc) is 2.75. The molecule has 1 aliphatic rings. The molecule has 0 aromatic rings.